The smallest absolute Gasteiger partial charge is 0.407 e. The fourth-order valence-corrected chi connectivity index (χ4v) is 4.30. The number of alkyl carbamates (subject to hydrolysis) is 1. The molecule has 1 unspecified atom stereocenters. The predicted molar refractivity (Wildman–Crippen MR) is 121 cm³/mol. The molecule has 0 saturated carbocycles. The van der Waals surface area contributed by atoms with Crippen LogP contribution in [0.5, 0.6) is 0 Å². The van der Waals surface area contributed by atoms with Crippen molar-refractivity contribution in [2.75, 3.05) is 18.0 Å². The second kappa shape index (κ2) is 10.2. The molecule has 2 aliphatic rings. The average Bonchev–Trinajstić information content (AvgIpc) is 3.02. The standard InChI is InChI=1S/C21H27N5O6S/c1-21(2,3)32-19(30)24-14(11-16(27)28)12-5-8-26(9-6-12)18-22-7-4-13(23-18)10-15-17(29)25-20(31)33-15/h4,7,10,12,14H,5-6,8-9,11H2,1-3H3,(H,24,30)(H,27,28)(H,25,29,31)/b15-10+. The van der Waals surface area contributed by atoms with Gasteiger partial charge in [0.05, 0.1) is 17.0 Å². The number of piperidine rings is 1. The highest BCUT2D eigenvalue weighted by atomic mass is 32.2. The number of rotatable bonds is 6. The van der Waals surface area contributed by atoms with Gasteiger partial charge < -0.3 is 20.1 Å². The van der Waals surface area contributed by atoms with E-state index in [0.717, 1.165) is 11.8 Å². The van der Waals surface area contributed by atoms with E-state index in [9.17, 15) is 24.3 Å². The van der Waals surface area contributed by atoms with Gasteiger partial charge in [0.2, 0.25) is 5.95 Å². The third-order valence-electron chi connectivity index (χ3n) is 5.07. The van der Waals surface area contributed by atoms with E-state index < -0.39 is 34.9 Å². The summed E-state index contributed by atoms with van der Waals surface area (Å²) in [5.74, 6) is -1.00. The SMILES string of the molecule is CC(C)(C)OC(=O)NC(CC(=O)O)C1CCN(c2nccc(/C=C3/SC(=O)NC3=O)n2)CC1. The van der Waals surface area contributed by atoms with Crippen LogP contribution in [-0.2, 0) is 14.3 Å². The van der Waals surface area contributed by atoms with Gasteiger partial charge in [-0.25, -0.2) is 14.8 Å². The number of carbonyl (C=O) groups excluding carboxylic acids is 3. The fraction of sp³-hybridized carbons (Fsp3) is 0.524. The van der Waals surface area contributed by atoms with Crippen molar-refractivity contribution < 1.29 is 29.0 Å². The molecule has 178 valence electrons. The van der Waals surface area contributed by atoms with Crippen molar-refractivity contribution in [3.63, 3.8) is 0 Å². The Kier molecular flexibility index (Phi) is 7.57. The third-order valence-corrected chi connectivity index (χ3v) is 5.88. The third kappa shape index (κ3) is 7.17. The van der Waals surface area contributed by atoms with Gasteiger partial charge in [-0.3, -0.25) is 19.7 Å². The molecular weight excluding hydrogens is 450 g/mol. The molecule has 1 aromatic rings. The number of nitrogens with one attached hydrogen (secondary N) is 2. The Hall–Kier alpha value is -3.15. The number of hydrogen-bond donors (Lipinski definition) is 3. The van der Waals surface area contributed by atoms with E-state index in [4.69, 9.17) is 4.74 Å². The molecule has 2 saturated heterocycles. The van der Waals surface area contributed by atoms with E-state index in [0.29, 0.717) is 37.6 Å². The van der Waals surface area contributed by atoms with Crippen LogP contribution in [0.4, 0.5) is 15.5 Å². The molecule has 1 atom stereocenters. The lowest BCUT2D eigenvalue weighted by atomic mass is 9.87. The van der Waals surface area contributed by atoms with Crippen molar-refractivity contribution in [1.82, 2.24) is 20.6 Å². The van der Waals surface area contributed by atoms with Crippen molar-refractivity contribution in [3.05, 3.63) is 22.9 Å². The second-order valence-electron chi connectivity index (χ2n) is 8.81. The van der Waals surface area contributed by atoms with Crippen molar-refractivity contribution in [2.45, 2.75) is 51.7 Å². The second-order valence-corrected chi connectivity index (χ2v) is 9.82. The zero-order valence-corrected chi connectivity index (χ0v) is 19.5. The number of carbonyl (C=O) groups is 4. The number of anilines is 1. The predicted octanol–water partition coefficient (Wildman–Crippen LogP) is 2.38. The van der Waals surface area contributed by atoms with Gasteiger partial charge in [0.1, 0.15) is 5.60 Å². The summed E-state index contributed by atoms with van der Waals surface area (Å²) in [7, 11) is 0. The van der Waals surface area contributed by atoms with Crippen LogP contribution in [-0.4, -0.2) is 63.0 Å². The van der Waals surface area contributed by atoms with Gasteiger partial charge >= 0.3 is 12.1 Å². The first kappa shape index (κ1) is 24.5. The van der Waals surface area contributed by atoms with E-state index in [1.807, 2.05) is 4.90 Å². The van der Waals surface area contributed by atoms with Crippen LogP contribution in [0.2, 0.25) is 0 Å². The number of thioether (sulfide) groups is 1. The molecule has 3 amide bonds. The fourth-order valence-electron chi connectivity index (χ4n) is 3.63. The molecule has 3 N–H and O–H groups in total. The Bertz CT molecular complexity index is 968. The van der Waals surface area contributed by atoms with Crippen LogP contribution >= 0.6 is 11.8 Å². The van der Waals surface area contributed by atoms with Gasteiger partial charge in [-0.15, -0.1) is 0 Å². The maximum absolute atomic E-state index is 12.2. The highest BCUT2D eigenvalue weighted by Crippen LogP contribution is 2.27. The van der Waals surface area contributed by atoms with Crippen LogP contribution in [0, 0.1) is 5.92 Å². The zero-order valence-electron chi connectivity index (χ0n) is 18.7. The van der Waals surface area contributed by atoms with Crippen molar-refractivity contribution in [3.8, 4) is 0 Å². The van der Waals surface area contributed by atoms with Crippen LogP contribution in [0.25, 0.3) is 6.08 Å². The Balaban J connectivity index is 1.63. The number of aromatic nitrogens is 2. The molecule has 3 heterocycles. The average molecular weight is 478 g/mol. The minimum Gasteiger partial charge on any atom is -0.481 e. The molecule has 12 heteroatoms. The number of carboxylic acids is 1. The highest BCUT2D eigenvalue weighted by molar-refractivity contribution is 8.18. The van der Waals surface area contributed by atoms with Gasteiger partial charge in [-0.05, 0) is 63.4 Å². The van der Waals surface area contributed by atoms with Crippen LogP contribution < -0.4 is 15.5 Å². The van der Waals surface area contributed by atoms with Crippen molar-refractivity contribution in [2.24, 2.45) is 5.92 Å². The summed E-state index contributed by atoms with van der Waals surface area (Å²) >= 11 is 0.821. The van der Waals surface area contributed by atoms with Crippen molar-refractivity contribution >= 4 is 47.0 Å². The lowest BCUT2D eigenvalue weighted by molar-refractivity contribution is -0.138. The molecule has 3 rings (SSSR count). The maximum atomic E-state index is 12.2. The molecule has 0 spiro atoms. The van der Waals surface area contributed by atoms with Crippen LogP contribution in [0.15, 0.2) is 17.2 Å². The molecule has 2 fully saturated rings. The first-order valence-corrected chi connectivity index (χ1v) is 11.4. The highest BCUT2D eigenvalue weighted by Gasteiger charge is 2.31. The summed E-state index contributed by atoms with van der Waals surface area (Å²) in [6.07, 6.45) is 3.56. The lowest BCUT2D eigenvalue weighted by Crippen LogP contribution is -2.48. The molecular formula is C21H27N5O6S. The number of nitrogens with zero attached hydrogens (tertiary/aromatic N) is 3. The zero-order chi connectivity index (χ0) is 24.2. The van der Waals surface area contributed by atoms with Gasteiger partial charge in [0.25, 0.3) is 11.1 Å². The van der Waals surface area contributed by atoms with E-state index in [1.54, 1.807) is 33.0 Å². The summed E-state index contributed by atoms with van der Waals surface area (Å²) in [4.78, 5) is 57.6. The Morgan fingerprint density at radius 3 is 2.64 bits per heavy atom. The monoisotopic (exact) mass is 477 g/mol. The minimum atomic E-state index is -0.991. The molecule has 0 aromatic carbocycles. The van der Waals surface area contributed by atoms with E-state index in [-0.39, 0.29) is 17.2 Å². The number of amides is 3. The topological polar surface area (TPSA) is 151 Å². The van der Waals surface area contributed by atoms with Crippen LogP contribution in [0.1, 0.15) is 45.7 Å². The summed E-state index contributed by atoms with van der Waals surface area (Å²) in [5.41, 5.74) is -0.172. The van der Waals surface area contributed by atoms with Crippen LogP contribution in [0.3, 0.4) is 0 Å². The first-order valence-electron chi connectivity index (χ1n) is 10.5. The van der Waals surface area contributed by atoms with Gasteiger partial charge in [0, 0.05) is 25.3 Å². The Morgan fingerprint density at radius 1 is 1.36 bits per heavy atom. The molecule has 0 bridgehead atoms. The first-order chi connectivity index (χ1) is 15.5. The number of aliphatic carboxylic acids is 1. The minimum absolute atomic E-state index is 0.0419. The Labute approximate surface area is 195 Å². The Morgan fingerprint density at radius 2 is 2.06 bits per heavy atom. The maximum Gasteiger partial charge on any atom is 0.407 e. The lowest BCUT2D eigenvalue weighted by Gasteiger charge is -2.36. The summed E-state index contributed by atoms with van der Waals surface area (Å²) in [6, 6.07) is 1.10. The molecule has 0 aliphatic carbocycles. The van der Waals surface area contributed by atoms with Gasteiger partial charge in [-0.1, -0.05) is 0 Å². The number of hydrogen-bond acceptors (Lipinski definition) is 9. The number of ether oxygens (including phenoxy) is 1. The van der Waals surface area contributed by atoms with E-state index >= 15 is 0 Å². The largest absolute Gasteiger partial charge is 0.481 e. The summed E-state index contributed by atoms with van der Waals surface area (Å²) < 4.78 is 5.28. The van der Waals surface area contributed by atoms with E-state index in [1.165, 1.54) is 6.08 Å². The summed E-state index contributed by atoms with van der Waals surface area (Å²) in [5, 5.41) is 13.8. The molecule has 0 radical (unpaired) electrons. The summed E-state index contributed by atoms with van der Waals surface area (Å²) in [6.45, 7) is 6.39. The molecule has 1 aromatic heterocycles. The number of carboxylic acid groups (broad SMARTS) is 1. The van der Waals surface area contributed by atoms with Gasteiger partial charge in [0.15, 0.2) is 0 Å². The molecule has 33 heavy (non-hydrogen) atoms. The number of imide groups is 1. The normalized spacial score (nSPS) is 19.4. The van der Waals surface area contributed by atoms with Crippen molar-refractivity contribution in [1.29, 1.82) is 0 Å². The quantitative estimate of drug-likeness (QED) is 0.521. The molecule has 11 nitrogen and oxygen atoms in total. The van der Waals surface area contributed by atoms with E-state index in [2.05, 4.69) is 20.6 Å². The van der Waals surface area contributed by atoms with Gasteiger partial charge in [-0.2, -0.15) is 0 Å². The molecule has 2 aliphatic heterocycles.